The van der Waals surface area contributed by atoms with Gasteiger partial charge < -0.3 is 10.8 Å². The number of pyridine rings is 1. The van der Waals surface area contributed by atoms with Gasteiger partial charge in [0.15, 0.2) is 0 Å². The summed E-state index contributed by atoms with van der Waals surface area (Å²) < 4.78 is 36.6. The molecule has 0 radical (unpaired) electrons. The predicted molar refractivity (Wildman–Crippen MR) is 50.3 cm³/mol. The highest BCUT2D eigenvalue weighted by molar-refractivity contribution is 5.86. The number of nitrogens with two attached hydrogens (primary N) is 1. The predicted octanol–water partition coefficient (Wildman–Crippen LogP) is 1.78. The molecule has 0 atom stereocenters. The van der Waals surface area contributed by atoms with E-state index in [-0.39, 0.29) is 11.3 Å². The first-order valence-electron chi connectivity index (χ1n) is 4.04. The SMILES string of the molecule is Nc1cc(C(F)(F)F)ncc1C=CC(=O)O. The summed E-state index contributed by atoms with van der Waals surface area (Å²) in [6, 6.07) is 0.654. The Morgan fingerprint density at radius 1 is 1.50 bits per heavy atom. The van der Waals surface area contributed by atoms with Gasteiger partial charge in [0.05, 0.1) is 0 Å². The van der Waals surface area contributed by atoms with E-state index in [1.165, 1.54) is 0 Å². The van der Waals surface area contributed by atoms with E-state index in [1.54, 1.807) is 0 Å². The third-order valence-corrected chi connectivity index (χ3v) is 1.66. The summed E-state index contributed by atoms with van der Waals surface area (Å²) in [7, 11) is 0. The molecule has 1 rings (SSSR count). The Kier molecular flexibility index (Phi) is 3.17. The van der Waals surface area contributed by atoms with Crippen LogP contribution in [0.1, 0.15) is 11.3 Å². The van der Waals surface area contributed by atoms with Gasteiger partial charge in [-0.05, 0) is 12.1 Å². The molecule has 16 heavy (non-hydrogen) atoms. The van der Waals surface area contributed by atoms with E-state index < -0.39 is 17.8 Å². The van der Waals surface area contributed by atoms with Gasteiger partial charge in [0.25, 0.3) is 0 Å². The Labute approximate surface area is 88.2 Å². The van der Waals surface area contributed by atoms with Crippen molar-refractivity contribution in [1.29, 1.82) is 0 Å². The van der Waals surface area contributed by atoms with Crippen LogP contribution < -0.4 is 5.73 Å². The highest BCUT2D eigenvalue weighted by Crippen LogP contribution is 2.29. The second-order valence-electron chi connectivity index (χ2n) is 2.87. The molecule has 3 N–H and O–H groups in total. The van der Waals surface area contributed by atoms with Crippen LogP contribution >= 0.6 is 0 Å². The average Bonchev–Trinajstić information content (AvgIpc) is 2.14. The molecule has 0 aliphatic heterocycles. The van der Waals surface area contributed by atoms with Gasteiger partial charge in [0.1, 0.15) is 5.69 Å². The van der Waals surface area contributed by atoms with Crippen LogP contribution in [0, 0.1) is 0 Å². The molecular formula is C9H7F3N2O2. The molecule has 0 saturated heterocycles. The summed E-state index contributed by atoms with van der Waals surface area (Å²) in [6.07, 6.45) is -1.85. The number of hydrogen-bond donors (Lipinski definition) is 2. The van der Waals surface area contributed by atoms with E-state index in [2.05, 4.69) is 4.98 Å². The zero-order valence-electron chi connectivity index (χ0n) is 7.82. The summed E-state index contributed by atoms with van der Waals surface area (Å²) in [5.41, 5.74) is 4.15. The van der Waals surface area contributed by atoms with Crippen LogP contribution in [0.2, 0.25) is 0 Å². The van der Waals surface area contributed by atoms with Crippen molar-refractivity contribution in [1.82, 2.24) is 4.98 Å². The summed E-state index contributed by atoms with van der Waals surface area (Å²) >= 11 is 0. The number of carboxylic acids is 1. The van der Waals surface area contributed by atoms with Crippen LogP contribution in [0.25, 0.3) is 6.08 Å². The number of hydrogen-bond acceptors (Lipinski definition) is 3. The molecule has 1 heterocycles. The van der Waals surface area contributed by atoms with Gasteiger partial charge in [-0.15, -0.1) is 0 Å². The average molecular weight is 232 g/mol. The van der Waals surface area contributed by atoms with Gasteiger partial charge in [-0.1, -0.05) is 0 Å². The second-order valence-corrected chi connectivity index (χ2v) is 2.87. The minimum Gasteiger partial charge on any atom is -0.478 e. The number of nitrogens with zero attached hydrogens (tertiary/aromatic N) is 1. The van der Waals surface area contributed by atoms with Crippen molar-refractivity contribution in [3.05, 3.63) is 29.6 Å². The number of aromatic nitrogens is 1. The first-order chi connectivity index (χ1) is 7.30. The molecule has 7 heteroatoms. The smallest absolute Gasteiger partial charge is 0.433 e. The Bertz CT molecular complexity index is 441. The minimum atomic E-state index is -4.57. The third kappa shape index (κ3) is 2.97. The number of rotatable bonds is 2. The molecule has 0 unspecified atom stereocenters. The van der Waals surface area contributed by atoms with E-state index in [0.29, 0.717) is 6.07 Å². The van der Waals surface area contributed by atoms with E-state index >= 15 is 0 Å². The molecule has 0 spiro atoms. The van der Waals surface area contributed by atoms with Crippen molar-refractivity contribution < 1.29 is 23.1 Å². The normalized spacial score (nSPS) is 11.9. The third-order valence-electron chi connectivity index (χ3n) is 1.66. The maximum Gasteiger partial charge on any atom is 0.433 e. The number of nitrogen functional groups attached to an aromatic ring is 1. The molecule has 0 aliphatic carbocycles. The fraction of sp³-hybridized carbons (Fsp3) is 0.111. The second kappa shape index (κ2) is 4.21. The lowest BCUT2D eigenvalue weighted by Crippen LogP contribution is -2.09. The molecule has 0 fully saturated rings. The summed E-state index contributed by atoms with van der Waals surface area (Å²) in [4.78, 5) is 13.3. The van der Waals surface area contributed by atoms with Crippen LogP contribution in [0.4, 0.5) is 18.9 Å². The lowest BCUT2D eigenvalue weighted by molar-refractivity contribution is -0.141. The lowest BCUT2D eigenvalue weighted by atomic mass is 10.2. The van der Waals surface area contributed by atoms with E-state index in [9.17, 15) is 18.0 Å². The number of aliphatic carboxylic acids is 1. The van der Waals surface area contributed by atoms with Gasteiger partial charge in [-0.2, -0.15) is 13.2 Å². The maximum atomic E-state index is 12.2. The first kappa shape index (κ1) is 12.0. The molecule has 0 amide bonds. The number of carbonyl (C=O) groups is 1. The van der Waals surface area contributed by atoms with Crippen LogP contribution in [0.3, 0.4) is 0 Å². The fourth-order valence-electron chi connectivity index (χ4n) is 0.937. The standard InChI is InChI=1S/C9H7F3N2O2/c10-9(11,12)7-3-6(13)5(4-14-7)1-2-8(15)16/h1-4H,(H2,13,14)(H,15,16). The van der Waals surface area contributed by atoms with Crippen molar-refractivity contribution in [2.75, 3.05) is 5.73 Å². The quantitative estimate of drug-likeness (QED) is 0.762. The maximum absolute atomic E-state index is 12.2. The molecule has 0 saturated carbocycles. The zero-order chi connectivity index (χ0) is 12.3. The Balaban J connectivity index is 3.05. The summed E-state index contributed by atoms with van der Waals surface area (Å²) in [5, 5.41) is 8.32. The molecule has 1 aromatic rings. The Hall–Kier alpha value is -2.05. The molecule has 86 valence electrons. The van der Waals surface area contributed by atoms with Gasteiger partial charge >= 0.3 is 12.1 Å². The highest BCUT2D eigenvalue weighted by atomic mass is 19.4. The molecular weight excluding hydrogens is 225 g/mol. The van der Waals surface area contributed by atoms with E-state index in [0.717, 1.165) is 18.3 Å². The molecule has 1 aromatic heterocycles. The number of alkyl halides is 3. The van der Waals surface area contributed by atoms with Crippen LogP contribution in [0.5, 0.6) is 0 Å². The van der Waals surface area contributed by atoms with Crippen LogP contribution in [-0.2, 0) is 11.0 Å². The molecule has 0 bridgehead atoms. The zero-order valence-corrected chi connectivity index (χ0v) is 7.82. The van der Waals surface area contributed by atoms with E-state index in [1.807, 2.05) is 0 Å². The van der Waals surface area contributed by atoms with E-state index in [4.69, 9.17) is 10.8 Å². The fourth-order valence-corrected chi connectivity index (χ4v) is 0.937. The van der Waals surface area contributed by atoms with Gasteiger partial charge in [0, 0.05) is 23.5 Å². The number of anilines is 1. The van der Waals surface area contributed by atoms with Gasteiger partial charge in [-0.3, -0.25) is 4.98 Å². The summed E-state index contributed by atoms with van der Waals surface area (Å²) in [6.45, 7) is 0. The van der Waals surface area contributed by atoms with Gasteiger partial charge in [0.2, 0.25) is 0 Å². The largest absolute Gasteiger partial charge is 0.478 e. The Morgan fingerprint density at radius 2 is 2.12 bits per heavy atom. The number of carboxylic acid groups (broad SMARTS) is 1. The van der Waals surface area contributed by atoms with Crippen molar-refractivity contribution in [2.45, 2.75) is 6.18 Å². The van der Waals surface area contributed by atoms with Crippen molar-refractivity contribution in [3.8, 4) is 0 Å². The topological polar surface area (TPSA) is 76.2 Å². The van der Waals surface area contributed by atoms with Crippen molar-refractivity contribution >= 4 is 17.7 Å². The highest BCUT2D eigenvalue weighted by Gasteiger charge is 2.32. The first-order valence-corrected chi connectivity index (χ1v) is 4.04. The van der Waals surface area contributed by atoms with Crippen molar-refractivity contribution in [3.63, 3.8) is 0 Å². The molecule has 4 nitrogen and oxygen atoms in total. The summed E-state index contributed by atoms with van der Waals surface area (Å²) in [5.74, 6) is -1.22. The van der Waals surface area contributed by atoms with Crippen LogP contribution in [-0.4, -0.2) is 16.1 Å². The van der Waals surface area contributed by atoms with Gasteiger partial charge in [-0.25, -0.2) is 4.79 Å². The molecule has 0 aliphatic rings. The van der Waals surface area contributed by atoms with Crippen molar-refractivity contribution in [2.24, 2.45) is 0 Å². The monoisotopic (exact) mass is 232 g/mol. The molecule has 0 aromatic carbocycles. The Morgan fingerprint density at radius 3 is 2.56 bits per heavy atom. The number of halogens is 3. The van der Waals surface area contributed by atoms with Crippen LogP contribution in [0.15, 0.2) is 18.3 Å². The lowest BCUT2D eigenvalue weighted by Gasteiger charge is -2.07. The minimum absolute atomic E-state index is 0.121.